The average Bonchev–Trinajstić information content (AvgIpc) is 2.88. The maximum atomic E-state index is 12.4. The molecule has 0 radical (unpaired) electrons. The normalized spacial score (nSPS) is 11.6. The summed E-state index contributed by atoms with van der Waals surface area (Å²) >= 11 is 1.73. The van der Waals surface area contributed by atoms with Crippen LogP contribution in [0.2, 0.25) is 0 Å². The second-order valence-corrected chi connectivity index (χ2v) is 7.24. The van der Waals surface area contributed by atoms with E-state index in [-0.39, 0.29) is 11.9 Å². The first-order valence-electron chi connectivity index (χ1n) is 8.42. The first kappa shape index (κ1) is 17.9. The zero-order valence-corrected chi connectivity index (χ0v) is 15.3. The minimum Gasteiger partial charge on any atom is -0.352 e. The lowest BCUT2D eigenvalue weighted by Gasteiger charge is -2.16. The number of amides is 1. The van der Waals surface area contributed by atoms with E-state index in [0.717, 1.165) is 34.8 Å². The molecule has 1 aromatic heterocycles. The van der Waals surface area contributed by atoms with E-state index < -0.39 is 0 Å². The maximum absolute atomic E-state index is 12.4. The molecule has 0 aliphatic rings. The van der Waals surface area contributed by atoms with Crippen molar-refractivity contribution >= 4 is 28.7 Å². The Bertz CT molecular complexity index is 647. The third kappa shape index (κ3) is 4.74. The van der Waals surface area contributed by atoms with E-state index in [4.69, 9.17) is 4.98 Å². The van der Waals surface area contributed by atoms with Crippen molar-refractivity contribution in [2.45, 2.75) is 58.3 Å². The molecule has 2 rings (SSSR count). The van der Waals surface area contributed by atoms with E-state index in [0.29, 0.717) is 12.5 Å². The Morgan fingerprint density at radius 1 is 1.26 bits per heavy atom. The molecule has 0 aliphatic heterocycles. The van der Waals surface area contributed by atoms with Gasteiger partial charge in [0.1, 0.15) is 6.54 Å². The Labute approximate surface area is 143 Å². The first-order chi connectivity index (χ1) is 11.0. The monoisotopic (exact) mass is 333 g/mol. The topological polar surface area (TPSA) is 46.9 Å². The maximum Gasteiger partial charge on any atom is 0.240 e. The van der Waals surface area contributed by atoms with Crippen molar-refractivity contribution < 1.29 is 4.79 Å². The van der Waals surface area contributed by atoms with Crippen LogP contribution in [0, 0.1) is 5.92 Å². The molecule has 1 N–H and O–H groups in total. The highest BCUT2D eigenvalue weighted by atomic mass is 32.2. The standard InChI is InChI=1S/C18H27N3OS/c1-5-14(6-2)19-17(22)11-21-16-10-8-7-9-15(16)20-18(21)23-12-13(3)4/h7-10,13-14H,5-6,11-12H2,1-4H3,(H,19,22). The summed E-state index contributed by atoms with van der Waals surface area (Å²) in [6.45, 7) is 8.92. The van der Waals surface area contributed by atoms with Gasteiger partial charge in [0.25, 0.3) is 0 Å². The summed E-state index contributed by atoms with van der Waals surface area (Å²) in [5, 5.41) is 4.04. The third-order valence-corrected chi connectivity index (χ3v) is 5.22. The number of rotatable bonds is 8. The summed E-state index contributed by atoms with van der Waals surface area (Å²) in [5.41, 5.74) is 1.98. The van der Waals surface area contributed by atoms with Crippen LogP contribution >= 0.6 is 11.8 Å². The molecule has 5 heteroatoms. The fourth-order valence-electron chi connectivity index (χ4n) is 2.47. The third-order valence-electron chi connectivity index (χ3n) is 3.82. The quantitative estimate of drug-likeness (QED) is 0.740. The van der Waals surface area contributed by atoms with Gasteiger partial charge in [-0.2, -0.15) is 0 Å². The molecule has 1 amide bonds. The predicted octanol–water partition coefficient (Wildman–Crippen LogP) is 4.09. The SMILES string of the molecule is CCC(CC)NC(=O)Cn1c(SCC(C)C)nc2ccccc21. The Morgan fingerprint density at radius 3 is 2.61 bits per heavy atom. The molecule has 4 nitrogen and oxygen atoms in total. The van der Waals surface area contributed by atoms with Gasteiger partial charge < -0.3 is 9.88 Å². The highest BCUT2D eigenvalue weighted by molar-refractivity contribution is 7.99. The van der Waals surface area contributed by atoms with Crippen molar-refractivity contribution in [1.82, 2.24) is 14.9 Å². The molecule has 23 heavy (non-hydrogen) atoms. The lowest BCUT2D eigenvalue weighted by Crippen LogP contribution is -2.36. The van der Waals surface area contributed by atoms with Crippen molar-refractivity contribution in [2.24, 2.45) is 5.92 Å². The lowest BCUT2D eigenvalue weighted by molar-refractivity contribution is -0.122. The predicted molar refractivity (Wildman–Crippen MR) is 97.8 cm³/mol. The molecular weight excluding hydrogens is 306 g/mol. The van der Waals surface area contributed by atoms with Crippen molar-refractivity contribution in [3.8, 4) is 0 Å². The minimum absolute atomic E-state index is 0.0632. The Balaban J connectivity index is 2.22. The lowest BCUT2D eigenvalue weighted by atomic mass is 10.2. The van der Waals surface area contributed by atoms with Crippen LogP contribution < -0.4 is 5.32 Å². The summed E-state index contributed by atoms with van der Waals surface area (Å²) < 4.78 is 2.04. The molecule has 0 spiro atoms. The van der Waals surface area contributed by atoms with Gasteiger partial charge >= 0.3 is 0 Å². The summed E-state index contributed by atoms with van der Waals surface area (Å²) in [5.74, 6) is 1.65. The fourth-order valence-corrected chi connectivity index (χ4v) is 3.43. The zero-order valence-electron chi connectivity index (χ0n) is 14.5. The molecule has 0 saturated heterocycles. The molecule has 2 aromatic rings. The van der Waals surface area contributed by atoms with Crippen molar-refractivity contribution in [2.75, 3.05) is 5.75 Å². The Kier molecular flexibility index (Phi) is 6.51. The van der Waals surface area contributed by atoms with Gasteiger partial charge in [-0.1, -0.05) is 51.6 Å². The molecule has 0 unspecified atom stereocenters. The molecule has 1 aromatic carbocycles. The molecule has 126 valence electrons. The van der Waals surface area contributed by atoms with E-state index in [2.05, 4.69) is 33.0 Å². The van der Waals surface area contributed by atoms with Crippen LogP contribution in [0.15, 0.2) is 29.4 Å². The van der Waals surface area contributed by atoms with Crippen LogP contribution in [-0.4, -0.2) is 27.3 Å². The molecular formula is C18H27N3OS. The average molecular weight is 334 g/mol. The van der Waals surface area contributed by atoms with Gasteiger partial charge in [-0.05, 0) is 30.9 Å². The number of aromatic nitrogens is 2. The van der Waals surface area contributed by atoms with Crippen LogP contribution in [0.25, 0.3) is 11.0 Å². The summed E-state index contributed by atoms with van der Waals surface area (Å²) in [6.07, 6.45) is 1.92. The second-order valence-electron chi connectivity index (χ2n) is 6.26. The fraction of sp³-hybridized carbons (Fsp3) is 0.556. The first-order valence-corrected chi connectivity index (χ1v) is 9.41. The van der Waals surface area contributed by atoms with Gasteiger partial charge in [-0.3, -0.25) is 4.79 Å². The van der Waals surface area contributed by atoms with E-state index in [9.17, 15) is 4.79 Å². The number of hydrogen-bond acceptors (Lipinski definition) is 3. The number of nitrogens with zero attached hydrogens (tertiary/aromatic N) is 2. The highest BCUT2D eigenvalue weighted by Crippen LogP contribution is 2.25. The van der Waals surface area contributed by atoms with Crippen LogP contribution in [0.4, 0.5) is 0 Å². The Hall–Kier alpha value is -1.49. The molecule has 0 aliphatic carbocycles. The number of fused-ring (bicyclic) bond motifs is 1. The van der Waals surface area contributed by atoms with Gasteiger partial charge in [0.05, 0.1) is 11.0 Å². The zero-order chi connectivity index (χ0) is 16.8. The molecule has 0 atom stereocenters. The number of para-hydroxylation sites is 2. The van der Waals surface area contributed by atoms with Gasteiger partial charge in [-0.15, -0.1) is 0 Å². The summed E-state index contributed by atoms with van der Waals surface area (Å²) in [6, 6.07) is 8.27. The molecule has 1 heterocycles. The van der Waals surface area contributed by atoms with Gasteiger partial charge in [0, 0.05) is 11.8 Å². The Morgan fingerprint density at radius 2 is 1.96 bits per heavy atom. The van der Waals surface area contributed by atoms with E-state index >= 15 is 0 Å². The second kappa shape index (κ2) is 8.39. The minimum atomic E-state index is 0.0632. The van der Waals surface area contributed by atoms with Crippen LogP contribution in [0.1, 0.15) is 40.5 Å². The molecule has 0 fully saturated rings. The van der Waals surface area contributed by atoms with Crippen molar-refractivity contribution in [1.29, 1.82) is 0 Å². The number of benzene rings is 1. The number of imidazole rings is 1. The van der Waals surface area contributed by atoms with Crippen LogP contribution in [0.5, 0.6) is 0 Å². The van der Waals surface area contributed by atoms with Crippen LogP contribution in [0.3, 0.4) is 0 Å². The highest BCUT2D eigenvalue weighted by Gasteiger charge is 2.16. The molecule has 0 saturated carbocycles. The number of carbonyl (C=O) groups is 1. The van der Waals surface area contributed by atoms with E-state index in [1.54, 1.807) is 11.8 Å². The number of carbonyl (C=O) groups excluding carboxylic acids is 1. The van der Waals surface area contributed by atoms with Gasteiger partial charge in [0.15, 0.2) is 5.16 Å². The number of hydrogen-bond donors (Lipinski definition) is 1. The number of nitrogens with one attached hydrogen (secondary N) is 1. The molecule has 0 bridgehead atoms. The smallest absolute Gasteiger partial charge is 0.240 e. The number of thioether (sulfide) groups is 1. The summed E-state index contributed by atoms with van der Waals surface area (Å²) in [4.78, 5) is 17.1. The summed E-state index contributed by atoms with van der Waals surface area (Å²) in [7, 11) is 0. The van der Waals surface area contributed by atoms with Crippen molar-refractivity contribution in [3.05, 3.63) is 24.3 Å². The van der Waals surface area contributed by atoms with Crippen molar-refractivity contribution in [3.63, 3.8) is 0 Å². The van der Waals surface area contributed by atoms with E-state index in [1.807, 2.05) is 28.8 Å². The van der Waals surface area contributed by atoms with Gasteiger partial charge in [0.2, 0.25) is 5.91 Å². The largest absolute Gasteiger partial charge is 0.352 e. The van der Waals surface area contributed by atoms with Gasteiger partial charge in [-0.25, -0.2) is 4.98 Å². The van der Waals surface area contributed by atoms with E-state index in [1.165, 1.54) is 0 Å². The van der Waals surface area contributed by atoms with Crippen LogP contribution in [-0.2, 0) is 11.3 Å².